The number of anilines is 3. The average molecular weight is 345 g/mol. The molecular formula is C16H20FN7O. The minimum absolute atomic E-state index is 0.0317. The van der Waals surface area contributed by atoms with Crippen LogP contribution in [0.2, 0.25) is 0 Å². The normalized spacial score (nSPS) is 20.1. The second-order valence-electron chi connectivity index (χ2n) is 6.01. The lowest BCUT2D eigenvalue weighted by Gasteiger charge is -2.29. The summed E-state index contributed by atoms with van der Waals surface area (Å²) in [6, 6.07) is 2.86. The molecule has 1 fully saturated rings. The van der Waals surface area contributed by atoms with Gasteiger partial charge >= 0.3 is 0 Å². The maximum absolute atomic E-state index is 13.3. The minimum atomic E-state index is -0.731. The highest BCUT2D eigenvalue weighted by molar-refractivity contribution is 5.96. The number of rotatable bonds is 5. The number of pyridine rings is 1. The zero-order chi connectivity index (χ0) is 17.8. The van der Waals surface area contributed by atoms with Crippen molar-refractivity contribution in [1.29, 1.82) is 0 Å². The van der Waals surface area contributed by atoms with Gasteiger partial charge in [0.1, 0.15) is 5.82 Å². The quantitative estimate of drug-likeness (QED) is 0.604. The molecule has 1 amide bonds. The van der Waals surface area contributed by atoms with Crippen LogP contribution in [-0.2, 0) is 0 Å². The van der Waals surface area contributed by atoms with Crippen LogP contribution in [0.1, 0.15) is 36.2 Å². The first-order valence-electron chi connectivity index (χ1n) is 8.10. The summed E-state index contributed by atoms with van der Waals surface area (Å²) in [5, 5.41) is 6.12. The number of halogens is 1. The molecule has 132 valence electrons. The van der Waals surface area contributed by atoms with Crippen LogP contribution in [-0.4, -0.2) is 32.9 Å². The third-order valence-electron chi connectivity index (χ3n) is 4.15. The van der Waals surface area contributed by atoms with E-state index in [0.29, 0.717) is 11.5 Å². The van der Waals surface area contributed by atoms with Gasteiger partial charge in [-0.3, -0.25) is 4.79 Å². The van der Waals surface area contributed by atoms with E-state index >= 15 is 0 Å². The number of hydrogen-bond acceptors (Lipinski definition) is 7. The van der Waals surface area contributed by atoms with E-state index in [1.54, 1.807) is 6.07 Å². The number of hydrogen-bond donors (Lipinski definition) is 4. The van der Waals surface area contributed by atoms with Crippen LogP contribution >= 0.6 is 0 Å². The van der Waals surface area contributed by atoms with E-state index in [9.17, 15) is 9.18 Å². The van der Waals surface area contributed by atoms with Crippen LogP contribution in [0.15, 0.2) is 24.5 Å². The van der Waals surface area contributed by atoms with Crippen molar-refractivity contribution >= 4 is 23.2 Å². The monoisotopic (exact) mass is 345 g/mol. The number of nitrogens with zero attached hydrogens (tertiary/aromatic N) is 3. The van der Waals surface area contributed by atoms with Crippen molar-refractivity contribution in [3.63, 3.8) is 0 Å². The van der Waals surface area contributed by atoms with Gasteiger partial charge in [0.05, 0.1) is 6.20 Å². The Morgan fingerprint density at radius 2 is 2.08 bits per heavy atom. The fourth-order valence-electron chi connectivity index (χ4n) is 2.87. The Morgan fingerprint density at radius 3 is 2.80 bits per heavy atom. The summed E-state index contributed by atoms with van der Waals surface area (Å²) in [4.78, 5) is 23.5. The molecule has 8 nitrogen and oxygen atoms in total. The predicted molar refractivity (Wildman–Crippen MR) is 91.9 cm³/mol. The molecule has 0 spiro atoms. The SMILES string of the molecule is NC(=O)c1ncc(N[C@@H]2CCCC[C@@H]2N)nc1Nc1ccnc(F)c1. The second kappa shape index (κ2) is 7.39. The van der Waals surface area contributed by atoms with Gasteiger partial charge < -0.3 is 22.1 Å². The van der Waals surface area contributed by atoms with E-state index < -0.39 is 11.9 Å². The van der Waals surface area contributed by atoms with Gasteiger partial charge in [-0.2, -0.15) is 4.39 Å². The molecular weight excluding hydrogens is 325 g/mol. The van der Waals surface area contributed by atoms with Crippen LogP contribution < -0.4 is 22.1 Å². The highest BCUT2D eigenvalue weighted by atomic mass is 19.1. The van der Waals surface area contributed by atoms with Gasteiger partial charge in [0.15, 0.2) is 11.5 Å². The van der Waals surface area contributed by atoms with Gasteiger partial charge in [0.25, 0.3) is 5.91 Å². The van der Waals surface area contributed by atoms with E-state index in [4.69, 9.17) is 11.5 Å². The second-order valence-corrected chi connectivity index (χ2v) is 6.01. The van der Waals surface area contributed by atoms with Crippen LogP contribution in [0.3, 0.4) is 0 Å². The minimum Gasteiger partial charge on any atom is -0.364 e. The number of amides is 1. The smallest absolute Gasteiger partial charge is 0.271 e. The van der Waals surface area contributed by atoms with Crippen LogP contribution in [0.25, 0.3) is 0 Å². The number of carbonyl (C=O) groups excluding carboxylic acids is 1. The van der Waals surface area contributed by atoms with Crippen molar-refractivity contribution in [3.8, 4) is 0 Å². The molecule has 0 bridgehead atoms. The van der Waals surface area contributed by atoms with Gasteiger partial charge in [-0.25, -0.2) is 15.0 Å². The number of nitrogens with one attached hydrogen (secondary N) is 2. The van der Waals surface area contributed by atoms with E-state index in [1.807, 2.05) is 0 Å². The summed E-state index contributed by atoms with van der Waals surface area (Å²) in [5.41, 5.74) is 11.8. The summed E-state index contributed by atoms with van der Waals surface area (Å²) in [7, 11) is 0. The van der Waals surface area contributed by atoms with E-state index in [1.165, 1.54) is 18.5 Å². The molecule has 0 aliphatic heterocycles. The molecule has 2 aromatic heterocycles. The first kappa shape index (κ1) is 17.0. The van der Waals surface area contributed by atoms with Gasteiger partial charge in [-0.1, -0.05) is 12.8 Å². The molecule has 1 aliphatic rings. The number of primary amides is 1. The largest absolute Gasteiger partial charge is 0.364 e. The molecule has 1 saturated carbocycles. The number of nitrogens with two attached hydrogens (primary N) is 2. The molecule has 0 saturated heterocycles. The molecule has 9 heteroatoms. The van der Waals surface area contributed by atoms with Crippen molar-refractivity contribution in [2.75, 3.05) is 10.6 Å². The number of aromatic nitrogens is 3. The fourth-order valence-corrected chi connectivity index (χ4v) is 2.87. The molecule has 2 heterocycles. The molecule has 6 N–H and O–H groups in total. The van der Waals surface area contributed by atoms with E-state index in [0.717, 1.165) is 25.7 Å². The summed E-state index contributed by atoms with van der Waals surface area (Å²) >= 11 is 0. The molecule has 0 unspecified atom stereocenters. The molecule has 3 rings (SSSR count). The summed E-state index contributed by atoms with van der Waals surface area (Å²) in [6.45, 7) is 0. The van der Waals surface area contributed by atoms with Gasteiger partial charge in [-0.05, 0) is 18.9 Å². The Labute approximate surface area is 144 Å². The molecule has 0 aromatic carbocycles. The third kappa shape index (κ3) is 4.18. The first-order valence-corrected chi connectivity index (χ1v) is 8.10. The average Bonchev–Trinajstić information content (AvgIpc) is 2.57. The van der Waals surface area contributed by atoms with Crippen molar-refractivity contribution < 1.29 is 9.18 Å². The maximum Gasteiger partial charge on any atom is 0.271 e. The van der Waals surface area contributed by atoms with Crippen molar-refractivity contribution in [3.05, 3.63) is 36.2 Å². The van der Waals surface area contributed by atoms with Crippen molar-refractivity contribution in [2.24, 2.45) is 11.5 Å². The summed E-state index contributed by atoms with van der Waals surface area (Å²) < 4.78 is 13.3. The van der Waals surface area contributed by atoms with Gasteiger partial charge in [-0.15, -0.1) is 0 Å². The lowest BCUT2D eigenvalue weighted by molar-refractivity contribution is 0.0996. The third-order valence-corrected chi connectivity index (χ3v) is 4.15. The van der Waals surface area contributed by atoms with Gasteiger partial charge in [0.2, 0.25) is 5.95 Å². The van der Waals surface area contributed by atoms with Crippen molar-refractivity contribution in [2.45, 2.75) is 37.8 Å². The van der Waals surface area contributed by atoms with Crippen LogP contribution in [0.5, 0.6) is 0 Å². The van der Waals surface area contributed by atoms with Crippen molar-refractivity contribution in [1.82, 2.24) is 15.0 Å². The Morgan fingerprint density at radius 1 is 1.28 bits per heavy atom. The Hall–Kier alpha value is -2.81. The lowest BCUT2D eigenvalue weighted by Crippen LogP contribution is -2.42. The molecule has 2 atom stereocenters. The Kier molecular flexibility index (Phi) is 5.03. The van der Waals surface area contributed by atoms with Crippen LogP contribution in [0, 0.1) is 5.95 Å². The molecule has 2 aromatic rings. The Balaban J connectivity index is 1.85. The highest BCUT2D eigenvalue weighted by Gasteiger charge is 2.22. The van der Waals surface area contributed by atoms with E-state index in [2.05, 4.69) is 25.6 Å². The maximum atomic E-state index is 13.3. The molecule has 1 aliphatic carbocycles. The standard InChI is InChI=1S/C16H20FN7O/c17-12-7-9(5-6-20-12)22-16-14(15(19)25)21-8-13(24-16)23-11-4-2-1-3-10(11)18/h5-8,10-11H,1-4,18H2,(H2,19,25)(H2,20,22,23,24)/t10-,11+/m0/s1. The van der Waals surface area contributed by atoms with Gasteiger partial charge in [0, 0.05) is 30.0 Å². The highest BCUT2D eigenvalue weighted by Crippen LogP contribution is 2.23. The Bertz CT molecular complexity index is 770. The summed E-state index contributed by atoms with van der Waals surface area (Å²) in [6.07, 6.45) is 6.86. The summed E-state index contributed by atoms with van der Waals surface area (Å²) in [5.74, 6) is -0.761. The first-order chi connectivity index (χ1) is 12.0. The number of carbonyl (C=O) groups is 1. The van der Waals surface area contributed by atoms with Crippen LogP contribution in [0.4, 0.5) is 21.7 Å². The lowest BCUT2D eigenvalue weighted by atomic mass is 9.91. The zero-order valence-electron chi connectivity index (χ0n) is 13.6. The zero-order valence-corrected chi connectivity index (χ0v) is 13.6. The van der Waals surface area contributed by atoms with E-state index in [-0.39, 0.29) is 23.6 Å². The molecule has 25 heavy (non-hydrogen) atoms. The predicted octanol–water partition coefficient (Wildman–Crippen LogP) is 1.53. The molecule has 0 radical (unpaired) electrons. The fraction of sp³-hybridized carbons (Fsp3) is 0.375. The topological polar surface area (TPSA) is 132 Å².